The van der Waals surface area contributed by atoms with Gasteiger partial charge in [-0.05, 0) is 44.0 Å². The van der Waals surface area contributed by atoms with Gasteiger partial charge >= 0.3 is 0 Å². The minimum Gasteiger partial charge on any atom is -0.490 e. The molecule has 1 aromatic carbocycles. The largest absolute Gasteiger partial charge is 0.490 e. The molecule has 0 radical (unpaired) electrons. The molecule has 1 aromatic rings. The van der Waals surface area contributed by atoms with Crippen molar-refractivity contribution in [2.75, 3.05) is 19.7 Å². The summed E-state index contributed by atoms with van der Waals surface area (Å²) in [7, 11) is 0. The number of likely N-dealkylation sites (tertiary alicyclic amines) is 1. The molecular weight excluding hydrogens is 292 g/mol. The van der Waals surface area contributed by atoms with Gasteiger partial charge in [-0.2, -0.15) is 0 Å². The molecule has 23 heavy (non-hydrogen) atoms. The second kappa shape index (κ2) is 7.31. The van der Waals surface area contributed by atoms with Gasteiger partial charge in [0, 0.05) is 18.7 Å². The molecule has 0 saturated carbocycles. The van der Waals surface area contributed by atoms with E-state index in [9.17, 15) is 9.59 Å². The van der Waals surface area contributed by atoms with Gasteiger partial charge in [0.05, 0.1) is 5.92 Å². The highest BCUT2D eigenvalue weighted by Gasteiger charge is 2.36. The Hall–Kier alpha value is -2.30. The van der Waals surface area contributed by atoms with Gasteiger partial charge in [0.25, 0.3) is 5.91 Å². The number of benzene rings is 1. The predicted molar refractivity (Wildman–Crippen MR) is 89.1 cm³/mol. The van der Waals surface area contributed by atoms with E-state index < -0.39 is 0 Å². The number of ether oxygens (including phenoxy) is 1. The van der Waals surface area contributed by atoms with E-state index >= 15 is 0 Å². The number of allylic oxidation sites excluding steroid dienone is 1. The first-order chi connectivity index (χ1) is 10.9. The van der Waals surface area contributed by atoms with Crippen LogP contribution in [0.15, 0.2) is 35.9 Å². The number of hydrogen-bond donors (Lipinski definition) is 1. The smallest absolute Gasteiger partial charge is 0.254 e. The number of nitrogens with two attached hydrogens (primary N) is 1. The van der Waals surface area contributed by atoms with Crippen LogP contribution in [0.2, 0.25) is 0 Å². The fourth-order valence-electron chi connectivity index (χ4n) is 2.71. The molecule has 5 nitrogen and oxygen atoms in total. The average Bonchev–Trinajstić information content (AvgIpc) is 2.88. The van der Waals surface area contributed by atoms with Crippen LogP contribution in [0.3, 0.4) is 0 Å². The highest BCUT2D eigenvalue weighted by Crippen LogP contribution is 2.25. The van der Waals surface area contributed by atoms with Crippen molar-refractivity contribution in [1.82, 2.24) is 4.90 Å². The third-order valence-electron chi connectivity index (χ3n) is 4.09. The molecule has 5 heteroatoms. The van der Waals surface area contributed by atoms with Crippen LogP contribution in [0.25, 0.3) is 0 Å². The molecule has 1 fully saturated rings. The summed E-state index contributed by atoms with van der Waals surface area (Å²) in [6.07, 6.45) is 1.98. The minimum atomic E-state index is -0.341. The van der Waals surface area contributed by atoms with E-state index in [-0.39, 0.29) is 23.7 Å². The summed E-state index contributed by atoms with van der Waals surface area (Å²) in [5, 5.41) is 0. The molecule has 1 heterocycles. The number of rotatable bonds is 5. The number of amides is 2. The Morgan fingerprint density at radius 3 is 2.70 bits per heavy atom. The molecule has 124 valence electrons. The number of primary amides is 1. The van der Waals surface area contributed by atoms with Crippen LogP contribution in [0, 0.1) is 11.8 Å². The van der Waals surface area contributed by atoms with Crippen LogP contribution < -0.4 is 10.5 Å². The fourth-order valence-corrected chi connectivity index (χ4v) is 2.71. The Balaban J connectivity index is 2.05. The first kappa shape index (κ1) is 17.1. The number of carbonyl (C=O) groups excluding carboxylic acids is 2. The van der Waals surface area contributed by atoms with Crippen LogP contribution in [-0.2, 0) is 4.79 Å². The van der Waals surface area contributed by atoms with Crippen molar-refractivity contribution in [3.05, 3.63) is 41.5 Å². The summed E-state index contributed by atoms with van der Waals surface area (Å²) >= 11 is 0. The second-order valence-corrected chi connectivity index (χ2v) is 6.32. The van der Waals surface area contributed by atoms with E-state index in [0.717, 1.165) is 0 Å². The number of carbonyl (C=O) groups is 2. The van der Waals surface area contributed by atoms with Crippen molar-refractivity contribution in [2.45, 2.75) is 20.8 Å². The zero-order valence-electron chi connectivity index (χ0n) is 13.9. The second-order valence-electron chi connectivity index (χ2n) is 6.32. The summed E-state index contributed by atoms with van der Waals surface area (Å²) in [4.78, 5) is 25.7. The van der Waals surface area contributed by atoms with Gasteiger partial charge in [-0.3, -0.25) is 9.59 Å². The Labute approximate surface area is 137 Å². The quantitative estimate of drug-likeness (QED) is 0.847. The first-order valence-electron chi connectivity index (χ1n) is 7.83. The Morgan fingerprint density at radius 1 is 1.35 bits per heavy atom. The molecule has 2 atom stereocenters. The predicted octanol–water partition coefficient (Wildman–Crippen LogP) is 2.23. The summed E-state index contributed by atoms with van der Waals surface area (Å²) in [5.41, 5.74) is 7.14. The van der Waals surface area contributed by atoms with Gasteiger partial charge in [-0.25, -0.2) is 0 Å². The Morgan fingerprint density at radius 2 is 2.09 bits per heavy atom. The van der Waals surface area contributed by atoms with Crippen molar-refractivity contribution in [1.29, 1.82) is 0 Å². The van der Waals surface area contributed by atoms with Crippen LogP contribution in [-0.4, -0.2) is 36.4 Å². The lowest BCUT2D eigenvalue weighted by Crippen LogP contribution is -2.32. The average molecular weight is 316 g/mol. The highest BCUT2D eigenvalue weighted by atomic mass is 16.5. The molecular formula is C18H24N2O3. The van der Waals surface area contributed by atoms with E-state index in [1.807, 2.05) is 32.9 Å². The molecule has 1 saturated heterocycles. The minimum absolute atomic E-state index is 0.0896. The Kier molecular flexibility index (Phi) is 5.42. The normalized spacial score (nSPS) is 20.2. The highest BCUT2D eigenvalue weighted by molar-refractivity contribution is 5.95. The zero-order chi connectivity index (χ0) is 17.0. The molecule has 2 amide bonds. The zero-order valence-corrected chi connectivity index (χ0v) is 13.9. The van der Waals surface area contributed by atoms with Crippen LogP contribution >= 0.6 is 0 Å². The monoisotopic (exact) mass is 316 g/mol. The maximum Gasteiger partial charge on any atom is 0.254 e. The summed E-state index contributed by atoms with van der Waals surface area (Å²) in [5.74, 6) is 0.0523. The van der Waals surface area contributed by atoms with Crippen molar-refractivity contribution >= 4 is 11.8 Å². The molecule has 2 N–H and O–H groups in total. The third kappa shape index (κ3) is 4.34. The van der Waals surface area contributed by atoms with Gasteiger partial charge in [0.1, 0.15) is 12.4 Å². The summed E-state index contributed by atoms with van der Waals surface area (Å²) in [6, 6.07) is 7.13. The lowest BCUT2D eigenvalue weighted by atomic mass is 9.98. The molecule has 0 unspecified atom stereocenters. The maximum atomic E-state index is 12.6. The van der Waals surface area contributed by atoms with Gasteiger partial charge < -0.3 is 15.4 Å². The van der Waals surface area contributed by atoms with Crippen LogP contribution in [0.1, 0.15) is 31.1 Å². The van der Waals surface area contributed by atoms with Crippen molar-refractivity contribution in [3.63, 3.8) is 0 Å². The van der Waals surface area contributed by atoms with Crippen molar-refractivity contribution in [3.8, 4) is 5.75 Å². The number of nitrogens with zero attached hydrogens (tertiary/aromatic N) is 1. The van der Waals surface area contributed by atoms with E-state index in [1.54, 1.807) is 23.1 Å². The lowest BCUT2D eigenvalue weighted by Gasteiger charge is -2.16. The van der Waals surface area contributed by atoms with E-state index in [1.165, 1.54) is 5.57 Å². The van der Waals surface area contributed by atoms with Gasteiger partial charge in [-0.15, -0.1) is 0 Å². The van der Waals surface area contributed by atoms with Gasteiger partial charge in [0.15, 0.2) is 0 Å². The third-order valence-corrected chi connectivity index (χ3v) is 4.09. The van der Waals surface area contributed by atoms with E-state index in [2.05, 4.69) is 0 Å². The summed E-state index contributed by atoms with van der Waals surface area (Å²) in [6.45, 7) is 7.37. The number of hydrogen-bond acceptors (Lipinski definition) is 3. The SMILES string of the molecule is CC(C)=CCOc1cccc(C(=O)N2C[C@@H](C)[C@H](C(N)=O)C2)c1. The standard InChI is InChI=1S/C18H24N2O3/c1-12(2)7-8-23-15-6-4-5-14(9-15)18(22)20-10-13(3)16(11-20)17(19)21/h4-7,9,13,16H,8,10-11H2,1-3H3,(H2,19,21)/t13-,16-/m1/s1. The molecule has 0 bridgehead atoms. The molecule has 0 aromatic heterocycles. The summed E-state index contributed by atoms with van der Waals surface area (Å²) < 4.78 is 5.63. The molecule has 1 aliphatic heterocycles. The van der Waals surface area contributed by atoms with Crippen molar-refractivity contribution in [2.24, 2.45) is 17.6 Å². The molecule has 0 aliphatic carbocycles. The first-order valence-corrected chi connectivity index (χ1v) is 7.83. The fraction of sp³-hybridized carbons (Fsp3) is 0.444. The van der Waals surface area contributed by atoms with E-state index in [4.69, 9.17) is 10.5 Å². The van der Waals surface area contributed by atoms with Gasteiger partial charge in [-0.1, -0.05) is 18.6 Å². The van der Waals surface area contributed by atoms with E-state index in [0.29, 0.717) is 31.0 Å². The Bertz CT molecular complexity index is 620. The topological polar surface area (TPSA) is 72.6 Å². The van der Waals surface area contributed by atoms with Crippen LogP contribution in [0.5, 0.6) is 5.75 Å². The molecule has 1 aliphatic rings. The van der Waals surface area contributed by atoms with Gasteiger partial charge in [0.2, 0.25) is 5.91 Å². The molecule has 2 rings (SSSR count). The van der Waals surface area contributed by atoms with Crippen LogP contribution in [0.4, 0.5) is 0 Å². The van der Waals surface area contributed by atoms with Crippen molar-refractivity contribution < 1.29 is 14.3 Å². The molecule has 0 spiro atoms. The maximum absolute atomic E-state index is 12.6. The lowest BCUT2D eigenvalue weighted by molar-refractivity contribution is -0.122.